The molecule has 5 heteroatoms. The van der Waals surface area contributed by atoms with Crippen molar-refractivity contribution >= 4 is 29.2 Å². The van der Waals surface area contributed by atoms with E-state index in [1.54, 1.807) is 11.0 Å². The first-order valence-electron chi connectivity index (χ1n) is 6.08. The van der Waals surface area contributed by atoms with E-state index in [1.165, 1.54) is 19.1 Å². The Bertz CT molecular complexity index is 499. The van der Waals surface area contributed by atoms with E-state index in [2.05, 4.69) is 0 Å². The number of halogens is 1. The van der Waals surface area contributed by atoms with Crippen molar-refractivity contribution in [2.24, 2.45) is 5.92 Å². The molecule has 1 aromatic carbocycles. The summed E-state index contributed by atoms with van der Waals surface area (Å²) < 4.78 is 0. The van der Waals surface area contributed by atoms with Crippen LogP contribution in [0.5, 0.6) is 0 Å². The number of hydrogen-bond acceptors (Lipinski definition) is 2. The second-order valence-electron chi connectivity index (χ2n) is 4.84. The van der Waals surface area contributed by atoms with Gasteiger partial charge in [0.15, 0.2) is 0 Å². The molecule has 1 N–H and O–H groups in total. The number of carboxylic acid groups (broad SMARTS) is 1. The zero-order valence-electron chi connectivity index (χ0n) is 11.5. The minimum absolute atomic E-state index is 0.00127. The number of rotatable bonds is 4. The number of nitrogens with zero attached hydrogens (tertiary/aromatic N) is 1. The van der Waals surface area contributed by atoms with E-state index >= 15 is 0 Å². The van der Waals surface area contributed by atoms with Crippen LogP contribution in [0, 0.1) is 5.92 Å². The summed E-state index contributed by atoms with van der Waals surface area (Å²) in [6.07, 6.45) is 0. The fourth-order valence-electron chi connectivity index (χ4n) is 1.83. The minimum Gasteiger partial charge on any atom is -0.478 e. The number of carboxylic acids is 1. The summed E-state index contributed by atoms with van der Waals surface area (Å²) in [4.78, 5) is 24.5. The molecule has 1 rings (SSSR count). The Morgan fingerprint density at radius 1 is 1.26 bits per heavy atom. The Hall–Kier alpha value is -1.55. The van der Waals surface area contributed by atoms with Crippen molar-refractivity contribution in [1.29, 1.82) is 0 Å². The average Bonchev–Trinajstić information content (AvgIpc) is 2.30. The van der Waals surface area contributed by atoms with Crippen LogP contribution < -0.4 is 4.90 Å². The molecule has 0 aliphatic rings. The van der Waals surface area contributed by atoms with Gasteiger partial charge in [-0.25, -0.2) is 4.79 Å². The van der Waals surface area contributed by atoms with Crippen LogP contribution in [-0.4, -0.2) is 23.0 Å². The van der Waals surface area contributed by atoms with Crippen molar-refractivity contribution in [2.75, 3.05) is 4.90 Å². The number of amides is 1. The lowest BCUT2D eigenvalue weighted by atomic mass is 10.0. The first kappa shape index (κ1) is 15.5. The molecular weight excluding hydrogens is 266 g/mol. The summed E-state index contributed by atoms with van der Waals surface area (Å²) in [6.45, 7) is 7.41. The van der Waals surface area contributed by atoms with Crippen LogP contribution in [0.1, 0.15) is 38.1 Å². The number of benzene rings is 1. The van der Waals surface area contributed by atoms with Gasteiger partial charge in [0.1, 0.15) is 0 Å². The van der Waals surface area contributed by atoms with Gasteiger partial charge < -0.3 is 10.0 Å². The molecule has 0 aliphatic heterocycles. The van der Waals surface area contributed by atoms with Crippen LogP contribution in [0.25, 0.3) is 0 Å². The van der Waals surface area contributed by atoms with Crippen molar-refractivity contribution in [3.05, 3.63) is 28.8 Å². The Balaban J connectivity index is 3.28. The Labute approximate surface area is 118 Å². The highest BCUT2D eigenvalue weighted by Crippen LogP contribution is 2.26. The maximum Gasteiger partial charge on any atom is 0.337 e. The van der Waals surface area contributed by atoms with Gasteiger partial charge in [0.05, 0.1) is 10.6 Å². The van der Waals surface area contributed by atoms with E-state index in [-0.39, 0.29) is 28.5 Å². The second-order valence-corrected chi connectivity index (χ2v) is 5.25. The summed E-state index contributed by atoms with van der Waals surface area (Å²) in [5.74, 6) is -0.972. The predicted molar refractivity (Wildman–Crippen MR) is 75.9 cm³/mol. The molecular formula is C14H18ClNO3. The first-order valence-corrected chi connectivity index (χ1v) is 6.46. The van der Waals surface area contributed by atoms with E-state index in [0.717, 1.165) is 0 Å². The largest absolute Gasteiger partial charge is 0.478 e. The number of hydrogen-bond donors (Lipinski definition) is 1. The molecule has 0 saturated carbocycles. The summed E-state index contributed by atoms with van der Waals surface area (Å²) in [7, 11) is 0. The van der Waals surface area contributed by atoms with Crippen LogP contribution >= 0.6 is 11.6 Å². The summed E-state index contributed by atoms with van der Waals surface area (Å²) in [5.41, 5.74) is 0.553. The SMILES string of the molecule is CC(=O)N(c1ccc(Cl)c(C(=O)O)c1)C(C)C(C)C. The van der Waals surface area contributed by atoms with E-state index in [1.807, 2.05) is 20.8 Å². The van der Waals surface area contributed by atoms with Crippen LogP contribution in [0.2, 0.25) is 5.02 Å². The standard InChI is InChI=1S/C14H18ClNO3/c1-8(2)9(3)16(10(4)17)11-5-6-13(15)12(7-11)14(18)19/h5-9H,1-4H3,(H,18,19). The quantitative estimate of drug-likeness (QED) is 0.921. The second kappa shape index (κ2) is 6.06. The highest BCUT2D eigenvalue weighted by atomic mass is 35.5. The highest BCUT2D eigenvalue weighted by molar-refractivity contribution is 6.33. The maximum atomic E-state index is 11.8. The molecule has 0 aliphatic carbocycles. The zero-order chi connectivity index (χ0) is 14.7. The van der Waals surface area contributed by atoms with Gasteiger partial charge in [-0.2, -0.15) is 0 Å². The normalized spacial score (nSPS) is 12.3. The molecule has 4 nitrogen and oxygen atoms in total. The van der Waals surface area contributed by atoms with E-state index in [0.29, 0.717) is 5.69 Å². The van der Waals surface area contributed by atoms with E-state index in [4.69, 9.17) is 16.7 Å². The zero-order valence-corrected chi connectivity index (χ0v) is 12.2. The van der Waals surface area contributed by atoms with Crippen molar-refractivity contribution < 1.29 is 14.7 Å². The molecule has 0 spiro atoms. The number of aromatic carboxylic acids is 1. The number of carbonyl (C=O) groups excluding carboxylic acids is 1. The lowest BCUT2D eigenvalue weighted by Gasteiger charge is -2.31. The van der Waals surface area contributed by atoms with Crippen LogP contribution in [0.15, 0.2) is 18.2 Å². The summed E-state index contributed by atoms with van der Waals surface area (Å²) in [5, 5.41) is 9.23. The lowest BCUT2D eigenvalue weighted by molar-refractivity contribution is -0.117. The van der Waals surface area contributed by atoms with Crippen LogP contribution in [-0.2, 0) is 4.79 Å². The van der Waals surface area contributed by atoms with Gasteiger partial charge in [-0.1, -0.05) is 25.4 Å². The van der Waals surface area contributed by atoms with Crippen LogP contribution in [0.3, 0.4) is 0 Å². The summed E-state index contributed by atoms with van der Waals surface area (Å²) >= 11 is 5.83. The third-order valence-electron chi connectivity index (χ3n) is 3.17. The number of anilines is 1. The average molecular weight is 284 g/mol. The number of carbonyl (C=O) groups is 2. The highest BCUT2D eigenvalue weighted by Gasteiger charge is 2.23. The third-order valence-corrected chi connectivity index (χ3v) is 3.50. The molecule has 0 saturated heterocycles. The molecule has 0 heterocycles. The monoisotopic (exact) mass is 283 g/mol. The van der Waals surface area contributed by atoms with Gasteiger partial charge in [0.2, 0.25) is 5.91 Å². The van der Waals surface area contributed by atoms with E-state index < -0.39 is 5.97 Å². The van der Waals surface area contributed by atoms with Gasteiger partial charge in [0, 0.05) is 18.7 Å². The third kappa shape index (κ3) is 3.47. The minimum atomic E-state index is -1.10. The van der Waals surface area contributed by atoms with Crippen molar-refractivity contribution in [2.45, 2.75) is 33.7 Å². The Kier molecular flexibility index (Phi) is 4.95. The molecule has 0 aromatic heterocycles. The maximum absolute atomic E-state index is 11.8. The molecule has 1 aromatic rings. The predicted octanol–water partition coefficient (Wildman–Crippen LogP) is 3.44. The van der Waals surface area contributed by atoms with Crippen LogP contribution in [0.4, 0.5) is 5.69 Å². The first-order chi connectivity index (χ1) is 8.75. The van der Waals surface area contributed by atoms with Crippen molar-refractivity contribution in [3.63, 3.8) is 0 Å². The molecule has 1 amide bonds. The van der Waals surface area contributed by atoms with Gasteiger partial charge in [-0.05, 0) is 31.0 Å². The van der Waals surface area contributed by atoms with Gasteiger partial charge in [-0.15, -0.1) is 0 Å². The molecule has 1 atom stereocenters. The fraction of sp³-hybridized carbons (Fsp3) is 0.429. The molecule has 104 valence electrons. The van der Waals surface area contributed by atoms with Crippen molar-refractivity contribution in [3.8, 4) is 0 Å². The molecule has 0 bridgehead atoms. The lowest BCUT2D eigenvalue weighted by Crippen LogP contribution is -2.40. The van der Waals surface area contributed by atoms with Crippen molar-refractivity contribution in [1.82, 2.24) is 0 Å². The summed E-state index contributed by atoms with van der Waals surface area (Å²) in [6, 6.07) is 4.57. The topological polar surface area (TPSA) is 57.6 Å². The molecule has 0 radical (unpaired) electrons. The Morgan fingerprint density at radius 2 is 1.84 bits per heavy atom. The molecule has 1 unspecified atom stereocenters. The smallest absolute Gasteiger partial charge is 0.337 e. The Morgan fingerprint density at radius 3 is 2.26 bits per heavy atom. The molecule has 0 fully saturated rings. The van der Waals surface area contributed by atoms with E-state index in [9.17, 15) is 9.59 Å². The molecule has 19 heavy (non-hydrogen) atoms. The van der Waals surface area contributed by atoms with Gasteiger partial charge in [0.25, 0.3) is 0 Å². The van der Waals surface area contributed by atoms with Gasteiger partial charge in [-0.3, -0.25) is 4.79 Å². The fourth-order valence-corrected chi connectivity index (χ4v) is 2.03. The van der Waals surface area contributed by atoms with Gasteiger partial charge >= 0.3 is 5.97 Å².